The van der Waals surface area contributed by atoms with Crippen molar-refractivity contribution in [2.75, 3.05) is 51.7 Å². The maximum absolute atomic E-state index is 17.9. The first-order valence-corrected chi connectivity index (χ1v) is 27.5. The van der Waals surface area contributed by atoms with Gasteiger partial charge < -0.3 is 28.3 Å². The Morgan fingerprint density at radius 1 is 0.859 bits per heavy atom. The van der Waals surface area contributed by atoms with Crippen molar-refractivity contribution in [2.24, 2.45) is 0 Å². The number of methoxy groups -OCH3 is 1. The van der Waals surface area contributed by atoms with Gasteiger partial charge in [-0.2, -0.15) is 9.97 Å². The Morgan fingerprint density at radius 2 is 1.56 bits per heavy atom. The number of carbonyl (C=O) groups is 1. The number of nitrogens with zero attached hydrogens (tertiary/aromatic N) is 6. The predicted octanol–water partition coefficient (Wildman–Crippen LogP) is 10.1. The van der Waals surface area contributed by atoms with Gasteiger partial charge in [-0.25, -0.2) is 9.18 Å². The SMILES string of the molecule is CCc1cccc2cc(OCOC)cc(-c3ncc4c(N5CC6CCC(C5)N6C(=O)OC(C)(C)C)nc(OC[C@]56CCCN5[C@@H](CO[Si](c5ccccc5)(c5ccccc5)C(C)(C)C)CC6)nc4c3F)c12. The molecule has 2 aromatic heterocycles. The third-order valence-corrected chi connectivity index (χ3v) is 20.5. The van der Waals surface area contributed by atoms with Crippen molar-refractivity contribution in [3.63, 3.8) is 0 Å². The highest BCUT2D eigenvalue weighted by Gasteiger charge is 2.54. The molecule has 4 atom stereocenters. The maximum Gasteiger partial charge on any atom is 0.410 e. The first kappa shape index (κ1) is 48.9. The standard InChI is InChI=1S/C57H69FN6O6Si/c1-9-38-18-16-19-39-30-43(68-37-66-8)31-46(48(38)39)50-49(58)51-47(32-59-50)52(62-33-40-24-25-41(34-62)64(40)54(65)70-55(2,3)4)61-53(60-51)67-36-57-27-17-29-63(57)42(26-28-57)35-69-71(56(5,6)7,44-20-12-10-13-21-44)45-22-14-11-15-23-45/h10-16,18-23,30-32,40-42H,9,17,24-29,33-37H2,1-8H3/t40?,41?,42-,57-/m1/s1. The van der Waals surface area contributed by atoms with E-state index in [1.54, 1.807) is 13.3 Å². The summed E-state index contributed by atoms with van der Waals surface area (Å²) in [4.78, 5) is 35.2. The fourth-order valence-corrected chi connectivity index (χ4v) is 16.9. The van der Waals surface area contributed by atoms with Gasteiger partial charge in [0, 0.05) is 38.0 Å². The summed E-state index contributed by atoms with van der Waals surface area (Å²) >= 11 is 0. The van der Waals surface area contributed by atoms with E-state index in [1.807, 2.05) is 49.9 Å². The lowest BCUT2D eigenvalue weighted by atomic mass is 9.95. The van der Waals surface area contributed by atoms with Crippen LogP contribution in [0, 0.1) is 5.82 Å². The van der Waals surface area contributed by atoms with Gasteiger partial charge in [-0.1, -0.05) is 107 Å². The molecule has 4 saturated heterocycles. The average molecular weight is 981 g/mol. The molecular formula is C57H69FN6O6Si. The van der Waals surface area contributed by atoms with Crippen molar-refractivity contribution in [1.29, 1.82) is 0 Å². The minimum absolute atomic E-state index is 0.0417. The second-order valence-corrected chi connectivity index (χ2v) is 26.4. The number of halogens is 1. The number of fused-ring (bicyclic) bond motifs is 5. The Labute approximate surface area is 418 Å². The van der Waals surface area contributed by atoms with Crippen molar-refractivity contribution >= 4 is 52.3 Å². The number of rotatable bonds is 14. The Hall–Kier alpha value is -5.67. The van der Waals surface area contributed by atoms with Crippen LogP contribution in [0.15, 0.2) is 97.2 Å². The summed E-state index contributed by atoms with van der Waals surface area (Å²) in [6.07, 6.45) is 7.72. The van der Waals surface area contributed by atoms with E-state index in [2.05, 4.69) is 104 Å². The van der Waals surface area contributed by atoms with Gasteiger partial charge in [-0.3, -0.25) is 14.8 Å². The summed E-state index contributed by atoms with van der Waals surface area (Å²) in [6, 6.07) is 31.7. The van der Waals surface area contributed by atoms with Crippen LogP contribution in [0.4, 0.5) is 15.0 Å². The van der Waals surface area contributed by atoms with Crippen molar-refractivity contribution in [3.05, 3.63) is 109 Å². The largest absolute Gasteiger partial charge is 0.468 e. The molecule has 2 unspecified atom stereocenters. The van der Waals surface area contributed by atoms with Gasteiger partial charge in [0.05, 0.1) is 29.6 Å². The molecule has 6 heterocycles. The van der Waals surface area contributed by atoms with Crippen LogP contribution in [0.25, 0.3) is 32.9 Å². The number of carbonyl (C=O) groups excluding carboxylic acids is 1. The first-order chi connectivity index (χ1) is 34.1. The van der Waals surface area contributed by atoms with E-state index in [9.17, 15) is 4.79 Å². The average Bonchev–Trinajstić information content (AvgIpc) is 4.01. The molecule has 1 amide bonds. The molecule has 14 heteroatoms. The smallest absolute Gasteiger partial charge is 0.410 e. The summed E-state index contributed by atoms with van der Waals surface area (Å²) in [5, 5.41) is 4.70. The Morgan fingerprint density at radius 3 is 2.21 bits per heavy atom. The number of ether oxygens (including phenoxy) is 4. The van der Waals surface area contributed by atoms with Crippen LogP contribution in [-0.2, 0) is 20.3 Å². The molecule has 0 saturated carbocycles. The van der Waals surface area contributed by atoms with Crippen LogP contribution < -0.4 is 24.7 Å². The molecule has 6 aromatic rings. The number of anilines is 1. The molecule has 12 nitrogen and oxygen atoms in total. The maximum atomic E-state index is 17.9. The molecule has 0 aliphatic carbocycles. The molecule has 0 spiro atoms. The van der Waals surface area contributed by atoms with Crippen molar-refractivity contribution in [1.82, 2.24) is 24.8 Å². The zero-order chi connectivity index (χ0) is 49.7. The molecule has 0 N–H and O–H groups in total. The van der Waals surface area contributed by atoms with E-state index in [-0.39, 0.29) is 58.8 Å². The van der Waals surface area contributed by atoms with E-state index in [4.69, 9.17) is 38.3 Å². The van der Waals surface area contributed by atoms with Crippen molar-refractivity contribution < 1.29 is 32.6 Å². The Kier molecular flexibility index (Phi) is 13.4. The number of hydrogen-bond acceptors (Lipinski definition) is 11. The first-order valence-electron chi connectivity index (χ1n) is 25.6. The van der Waals surface area contributed by atoms with Gasteiger partial charge >= 0.3 is 12.1 Å². The molecule has 374 valence electrons. The zero-order valence-corrected chi connectivity index (χ0v) is 43.7. The molecule has 4 aromatic carbocycles. The second-order valence-electron chi connectivity index (χ2n) is 22.1. The van der Waals surface area contributed by atoms with Gasteiger partial charge in [0.1, 0.15) is 35.0 Å². The van der Waals surface area contributed by atoms with Gasteiger partial charge in [0.25, 0.3) is 8.32 Å². The van der Waals surface area contributed by atoms with Crippen LogP contribution in [0.5, 0.6) is 11.8 Å². The fraction of sp³-hybridized carbons (Fsp3) is 0.474. The fourth-order valence-electron chi connectivity index (χ4n) is 12.3. The lowest BCUT2D eigenvalue weighted by molar-refractivity contribution is 0.0122. The lowest BCUT2D eigenvalue weighted by Gasteiger charge is -2.44. The molecule has 0 radical (unpaired) electrons. The number of aryl methyl sites for hydroxylation is 1. The van der Waals surface area contributed by atoms with E-state index < -0.39 is 19.7 Å². The molecule has 2 bridgehead atoms. The topological polar surface area (TPSA) is 112 Å². The minimum atomic E-state index is -2.76. The number of benzene rings is 4. The summed E-state index contributed by atoms with van der Waals surface area (Å²) in [5.74, 6) is 0.523. The van der Waals surface area contributed by atoms with Crippen LogP contribution in [0.2, 0.25) is 5.04 Å². The number of piperazine rings is 1. The van der Waals surface area contributed by atoms with Crippen molar-refractivity contribution in [3.8, 4) is 23.0 Å². The molecular weight excluding hydrogens is 912 g/mol. The van der Waals surface area contributed by atoms with E-state index in [0.717, 1.165) is 67.8 Å². The molecule has 10 rings (SSSR count). The quantitative estimate of drug-likeness (QED) is 0.0768. The van der Waals surface area contributed by atoms with Gasteiger partial charge in [0.2, 0.25) is 0 Å². The summed E-state index contributed by atoms with van der Waals surface area (Å²) in [6.45, 7) is 17.7. The Balaban J connectivity index is 0.999. The molecule has 71 heavy (non-hydrogen) atoms. The van der Waals surface area contributed by atoms with Gasteiger partial charge in [-0.15, -0.1) is 0 Å². The molecule has 4 fully saturated rings. The van der Waals surface area contributed by atoms with E-state index in [1.165, 1.54) is 10.4 Å². The van der Waals surface area contributed by atoms with Crippen LogP contribution >= 0.6 is 0 Å². The Bertz CT molecular complexity index is 2840. The number of hydrogen-bond donors (Lipinski definition) is 0. The minimum Gasteiger partial charge on any atom is -0.468 e. The zero-order valence-electron chi connectivity index (χ0n) is 42.7. The number of pyridine rings is 1. The number of amides is 1. The summed E-state index contributed by atoms with van der Waals surface area (Å²) in [5.41, 5.74) is 1.09. The van der Waals surface area contributed by atoms with Gasteiger partial charge in [0.15, 0.2) is 12.6 Å². The summed E-state index contributed by atoms with van der Waals surface area (Å²) in [7, 11) is -1.19. The molecule has 4 aliphatic heterocycles. The van der Waals surface area contributed by atoms with E-state index >= 15 is 4.39 Å². The third-order valence-electron chi connectivity index (χ3n) is 15.5. The number of aromatic nitrogens is 3. The normalized spacial score (nSPS) is 21.6. The summed E-state index contributed by atoms with van der Waals surface area (Å²) < 4.78 is 49.3. The highest BCUT2D eigenvalue weighted by atomic mass is 28.4. The van der Waals surface area contributed by atoms with Crippen molar-refractivity contribution in [2.45, 2.75) is 128 Å². The third kappa shape index (κ3) is 9.14. The highest BCUT2D eigenvalue weighted by molar-refractivity contribution is 6.99. The highest BCUT2D eigenvalue weighted by Crippen LogP contribution is 2.46. The van der Waals surface area contributed by atoms with Gasteiger partial charge in [-0.05, 0) is 116 Å². The van der Waals surface area contributed by atoms with Crippen LogP contribution in [0.1, 0.15) is 92.6 Å². The van der Waals surface area contributed by atoms with Crippen LogP contribution in [-0.4, -0.2) is 115 Å². The monoisotopic (exact) mass is 981 g/mol. The van der Waals surface area contributed by atoms with E-state index in [0.29, 0.717) is 48.8 Å². The second kappa shape index (κ2) is 19.4. The lowest BCUT2D eigenvalue weighted by Crippen LogP contribution is -2.67. The molecule has 4 aliphatic rings. The predicted molar refractivity (Wildman–Crippen MR) is 280 cm³/mol. The van der Waals surface area contributed by atoms with Crippen LogP contribution in [0.3, 0.4) is 0 Å².